The van der Waals surface area contributed by atoms with E-state index < -0.39 is 36.6 Å². The molecule has 9 heteroatoms. The fraction of sp³-hybridized carbons (Fsp3) is 0.455. The van der Waals surface area contributed by atoms with Crippen molar-refractivity contribution in [3.8, 4) is 0 Å². The summed E-state index contributed by atoms with van der Waals surface area (Å²) in [5.74, 6) is -1.19. The van der Waals surface area contributed by atoms with Crippen molar-refractivity contribution in [1.82, 2.24) is 4.72 Å². The lowest BCUT2D eigenvalue weighted by molar-refractivity contribution is 0.512. The molecule has 1 aliphatic heterocycles. The van der Waals surface area contributed by atoms with E-state index in [0.717, 1.165) is 6.07 Å². The number of hydrogen-bond acceptors (Lipinski definition) is 5. The zero-order valence-corrected chi connectivity index (χ0v) is 12.2. The number of anilines is 1. The highest BCUT2D eigenvalue weighted by Crippen LogP contribution is 2.23. The first-order chi connectivity index (χ1) is 9.21. The Kier molecular flexibility index (Phi) is 4.03. The molecular formula is C11H15FN2O4S2. The molecule has 1 heterocycles. The van der Waals surface area contributed by atoms with Crippen molar-refractivity contribution in [2.45, 2.75) is 23.8 Å². The second kappa shape index (κ2) is 5.30. The number of rotatable bonds is 3. The number of nitrogens with two attached hydrogens (primary N) is 1. The van der Waals surface area contributed by atoms with Crippen molar-refractivity contribution >= 4 is 25.5 Å². The SMILES string of the molecule is Nc1cccc(F)c1S(=O)(=O)NC1CCCS(=O)(=O)C1. The summed E-state index contributed by atoms with van der Waals surface area (Å²) in [6.07, 6.45) is 0.773. The van der Waals surface area contributed by atoms with Gasteiger partial charge in [-0.3, -0.25) is 0 Å². The monoisotopic (exact) mass is 322 g/mol. The first-order valence-corrected chi connectivity index (χ1v) is 9.28. The van der Waals surface area contributed by atoms with Crippen LogP contribution in [0.2, 0.25) is 0 Å². The summed E-state index contributed by atoms with van der Waals surface area (Å²) in [5, 5.41) is 0. The molecule has 0 bridgehead atoms. The molecule has 0 spiro atoms. The lowest BCUT2D eigenvalue weighted by Crippen LogP contribution is -2.43. The summed E-state index contributed by atoms with van der Waals surface area (Å²) in [7, 11) is -7.44. The van der Waals surface area contributed by atoms with E-state index in [1.54, 1.807) is 0 Å². The molecule has 0 radical (unpaired) electrons. The average Bonchev–Trinajstić information content (AvgIpc) is 2.25. The van der Waals surface area contributed by atoms with E-state index in [9.17, 15) is 21.2 Å². The van der Waals surface area contributed by atoms with Crippen molar-refractivity contribution in [3.63, 3.8) is 0 Å². The number of hydrogen-bond donors (Lipinski definition) is 2. The summed E-state index contributed by atoms with van der Waals surface area (Å²) >= 11 is 0. The largest absolute Gasteiger partial charge is 0.398 e. The first kappa shape index (κ1) is 15.2. The fourth-order valence-electron chi connectivity index (χ4n) is 2.20. The van der Waals surface area contributed by atoms with Crippen molar-refractivity contribution in [1.29, 1.82) is 0 Å². The molecule has 1 saturated heterocycles. The normalized spacial score (nSPS) is 22.6. The molecule has 1 aromatic carbocycles. The Morgan fingerprint density at radius 2 is 2.05 bits per heavy atom. The summed E-state index contributed by atoms with van der Waals surface area (Å²) in [4.78, 5) is -0.636. The van der Waals surface area contributed by atoms with Crippen LogP contribution in [0.5, 0.6) is 0 Å². The minimum Gasteiger partial charge on any atom is -0.398 e. The van der Waals surface area contributed by atoms with Gasteiger partial charge in [-0.1, -0.05) is 6.07 Å². The fourth-order valence-corrected chi connectivity index (χ4v) is 5.41. The number of sulfone groups is 1. The number of nitrogen functional groups attached to an aromatic ring is 1. The second-order valence-electron chi connectivity index (χ2n) is 4.73. The summed E-state index contributed by atoms with van der Waals surface area (Å²) in [6, 6.07) is 2.81. The molecule has 1 aromatic rings. The van der Waals surface area contributed by atoms with Crippen molar-refractivity contribution in [3.05, 3.63) is 24.0 Å². The van der Waals surface area contributed by atoms with E-state index in [2.05, 4.69) is 4.72 Å². The van der Waals surface area contributed by atoms with Gasteiger partial charge in [0.05, 0.1) is 17.2 Å². The Hall–Kier alpha value is -1.19. The van der Waals surface area contributed by atoms with Crippen LogP contribution in [0.4, 0.5) is 10.1 Å². The lowest BCUT2D eigenvalue weighted by Gasteiger charge is -2.23. The summed E-state index contributed by atoms with van der Waals surface area (Å²) < 4.78 is 63.1. The van der Waals surface area contributed by atoms with Crippen molar-refractivity contribution in [2.75, 3.05) is 17.2 Å². The van der Waals surface area contributed by atoms with Crippen LogP contribution in [0.1, 0.15) is 12.8 Å². The van der Waals surface area contributed by atoms with Gasteiger partial charge in [-0.15, -0.1) is 0 Å². The van der Waals surface area contributed by atoms with Crippen LogP contribution in [0.15, 0.2) is 23.1 Å². The molecular weight excluding hydrogens is 307 g/mol. The topological polar surface area (TPSA) is 106 Å². The number of nitrogens with one attached hydrogen (secondary N) is 1. The summed E-state index contributed by atoms with van der Waals surface area (Å²) in [5.41, 5.74) is 5.28. The van der Waals surface area contributed by atoms with Gasteiger partial charge in [0.15, 0.2) is 9.84 Å². The molecule has 0 aromatic heterocycles. The molecule has 20 heavy (non-hydrogen) atoms. The minimum atomic E-state index is -4.19. The van der Waals surface area contributed by atoms with Crippen LogP contribution in [-0.4, -0.2) is 34.4 Å². The molecule has 0 amide bonds. The highest BCUT2D eigenvalue weighted by molar-refractivity contribution is 7.91. The molecule has 3 N–H and O–H groups in total. The third-order valence-corrected chi connectivity index (χ3v) is 6.48. The van der Waals surface area contributed by atoms with E-state index in [1.165, 1.54) is 12.1 Å². The number of halogens is 1. The molecule has 1 fully saturated rings. The van der Waals surface area contributed by atoms with Crippen LogP contribution < -0.4 is 10.5 Å². The summed E-state index contributed by atoms with van der Waals surface area (Å²) in [6.45, 7) is 0. The van der Waals surface area contributed by atoms with Gasteiger partial charge in [-0.05, 0) is 25.0 Å². The molecule has 6 nitrogen and oxygen atoms in total. The van der Waals surface area contributed by atoms with Gasteiger partial charge in [0.25, 0.3) is 0 Å². The predicted octanol–water partition coefficient (Wildman–Crippen LogP) is 0.263. The Morgan fingerprint density at radius 3 is 2.65 bits per heavy atom. The van der Waals surface area contributed by atoms with Gasteiger partial charge in [0.2, 0.25) is 10.0 Å². The van der Waals surface area contributed by atoms with Crippen molar-refractivity contribution < 1.29 is 21.2 Å². The smallest absolute Gasteiger partial charge is 0.245 e. The predicted molar refractivity (Wildman–Crippen MR) is 72.8 cm³/mol. The van der Waals surface area contributed by atoms with E-state index in [1.807, 2.05) is 0 Å². The van der Waals surface area contributed by atoms with Crippen LogP contribution in [0.3, 0.4) is 0 Å². The van der Waals surface area contributed by atoms with Gasteiger partial charge < -0.3 is 5.73 Å². The van der Waals surface area contributed by atoms with E-state index in [-0.39, 0.29) is 17.2 Å². The quantitative estimate of drug-likeness (QED) is 0.777. The maximum Gasteiger partial charge on any atom is 0.245 e. The van der Waals surface area contributed by atoms with Crippen LogP contribution in [0, 0.1) is 5.82 Å². The molecule has 112 valence electrons. The Labute approximate surface area is 117 Å². The third-order valence-electron chi connectivity index (χ3n) is 3.05. The lowest BCUT2D eigenvalue weighted by atomic mass is 10.2. The zero-order chi connectivity index (χ0) is 15.0. The van der Waals surface area contributed by atoms with E-state index >= 15 is 0 Å². The van der Waals surface area contributed by atoms with Gasteiger partial charge >= 0.3 is 0 Å². The Bertz CT molecular complexity index is 696. The first-order valence-electron chi connectivity index (χ1n) is 5.98. The highest BCUT2D eigenvalue weighted by Gasteiger charge is 2.30. The second-order valence-corrected chi connectivity index (χ2v) is 8.61. The molecule has 0 saturated carbocycles. The highest BCUT2D eigenvalue weighted by atomic mass is 32.2. The van der Waals surface area contributed by atoms with Gasteiger partial charge in [-0.2, -0.15) is 0 Å². The zero-order valence-electron chi connectivity index (χ0n) is 10.5. The van der Waals surface area contributed by atoms with E-state index in [4.69, 9.17) is 5.73 Å². The average molecular weight is 322 g/mol. The Balaban J connectivity index is 2.28. The number of benzene rings is 1. The standard InChI is InChI=1S/C11H15FN2O4S2/c12-9-4-1-5-10(13)11(9)20(17,18)14-8-3-2-6-19(15,16)7-8/h1,4-5,8,14H,2-3,6-7,13H2. The molecule has 1 unspecified atom stereocenters. The molecule has 1 atom stereocenters. The van der Waals surface area contributed by atoms with Gasteiger partial charge in [-0.25, -0.2) is 25.9 Å². The van der Waals surface area contributed by atoms with Crippen molar-refractivity contribution in [2.24, 2.45) is 0 Å². The third kappa shape index (κ3) is 3.28. The van der Waals surface area contributed by atoms with Gasteiger partial charge in [0, 0.05) is 6.04 Å². The van der Waals surface area contributed by atoms with Crippen LogP contribution >= 0.6 is 0 Å². The number of sulfonamides is 1. The maximum atomic E-state index is 13.6. The van der Waals surface area contributed by atoms with Crippen LogP contribution in [-0.2, 0) is 19.9 Å². The maximum absolute atomic E-state index is 13.6. The van der Waals surface area contributed by atoms with Crippen LogP contribution in [0.25, 0.3) is 0 Å². The van der Waals surface area contributed by atoms with Gasteiger partial charge in [0.1, 0.15) is 10.7 Å². The molecule has 1 aliphatic rings. The van der Waals surface area contributed by atoms with E-state index in [0.29, 0.717) is 12.8 Å². The molecule has 2 rings (SSSR count). The minimum absolute atomic E-state index is 0.0487. The molecule has 0 aliphatic carbocycles. The Morgan fingerprint density at radius 1 is 1.35 bits per heavy atom.